The number of nitrogens with zero attached hydrogens (tertiary/aromatic N) is 1. The number of aliphatic hydroxyl groups excluding tert-OH is 1. The van der Waals surface area contributed by atoms with E-state index in [0.29, 0.717) is 24.6 Å². The van der Waals surface area contributed by atoms with E-state index in [1.807, 2.05) is 44.2 Å². The molecule has 180 valence electrons. The fraction of sp³-hybridized carbons (Fsp3) is 0.519. The van der Waals surface area contributed by atoms with Crippen LogP contribution in [0.5, 0.6) is 0 Å². The van der Waals surface area contributed by atoms with Crippen molar-refractivity contribution in [3.63, 3.8) is 0 Å². The minimum Gasteiger partial charge on any atom is -0.481 e. The maximum absolute atomic E-state index is 13.9. The molecule has 0 saturated carbocycles. The molecule has 0 amide bonds. The Labute approximate surface area is 196 Å². The Kier molecular flexibility index (Phi) is 9.01. The van der Waals surface area contributed by atoms with Gasteiger partial charge in [-0.1, -0.05) is 35.9 Å². The molecule has 0 bridgehead atoms. The van der Waals surface area contributed by atoms with Gasteiger partial charge in [-0.15, -0.1) is 0 Å². The number of hydrogen-bond donors (Lipinski definition) is 2. The zero-order valence-electron chi connectivity index (χ0n) is 19.9. The Morgan fingerprint density at radius 2 is 2.03 bits per heavy atom. The lowest BCUT2D eigenvalue weighted by molar-refractivity contribution is -0.136. The fourth-order valence-electron chi connectivity index (χ4n) is 4.66. The van der Waals surface area contributed by atoms with Crippen LogP contribution in [0.15, 0.2) is 36.4 Å². The number of aliphatic hydroxyl groups is 1. The van der Waals surface area contributed by atoms with Gasteiger partial charge in [0.05, 0.1) is 18.8 Å². The first-order valence-electron chi connectivity index (χ1n) is 11.8. The number of aryl methyl sites for hydroxylation is 3. The Morgan fingerprint density at radius 1 is 1.24 bits per heavy atom. The molecule has 1 aliphatic rings. The number of halogens is 1. The van der Waals surface area contributed by atoms with Crippen molar-refractivity contribution in [3.05, 3.63) is 70.0 Å². The van der Waals surface area contributed by atoms with E-state index in [4.69, 9.17) is 9.84 Å². The number of β-amino-alcohol motifs (C(OH)–C–C–N with tert-alkyl or cyclic N) is 1. The molecule has 1 saturated heterocycles. The molecular formula is C27H36FNO4. The Balaban J connectivity index is 1.53. The highest BCUT2D eigenvalue weighted by atomic mass is 19.1. The van der Waals surface area contributed by atoms with Crippen LogP contribution in [-0.4, -0.2) is 52.9 Å². The van der Waals surface area contributed by atoms with Crippen molar-refractivity contribution in [2.24, 2.45) is 0 Å². The Hall–Kier alpha value is -2.28. The van der Waals surface area contributed by atoms with Gasteiger partial charge in [-0.3, -0.25) is 9.69 Å². The van der Waals surface area contributed by atoms with E-state index in [9.17, 15) is 14.3 Å². The number of carboxylic acid groups (broad SMARTS) is 1. The van der Waals surface area contributed by atoms with Gasteiger partial charge in [0.2, 0.25) is 0 Å². The second kappa shape index (κ2) is 11.7. The summed E-state index contributed by atoms with van der Waals surface area (Å²) in [5, 5.41) is 19.7. The molecule has 3 atom stereocenters. The number of rotatable bonds is 11. The normalized spacial score (nSPS) is 18.4. The summed E-state index contributed by atoms with van der Waals surface area (Å²) >= 11 is 0. The third-order valence-corrected chi connectivity index (χ3v) is 6.54. The summed E-state index contributed by atoms with van der Waals surface area (Å²) in [5.41, 5.74) is 4.67. The molecule has 1 aliphatic heterocycles. The molecule has 2 aromatic rings. The SMILES string of the molecule is Cc1ccc([C@@H](C)OC[C@H](O)CN2CCC[C@H]2Cc2ccc(C)c(F)c2)c(CCC(=O)O)c1. The van der Waals surface area contributed by atoms with E-state index in [2.05, 4.69) is 4.90 Å². The Morgan fingerprint density at radius 3 is 2.76 bits per heavy atom. The minimum absolute atomic E-state index is 0.0764. The van der Waals surface area contributed by atoms with E-state index < -0.39 is 12.1 Å². The van der Waals surface area contributed by atoms with Crippen molar-refractivity contribution in [1.29, 1.82) is 0 Å². The van der Waals surface area contributed by atoms with Gasteiger partial charge in [-0.05, 0) is 81.3 Å². The molecule has 0 unspecified atom stereocenters. The van der Waals surface area contributed by atoms with Crippen LogP contribution >= 0.6 is 0 Å². The molecule has 0 radical (unpaired) electrons. The van der Waals surface area contributed by atoms with Gasteiger partial charge in [-0.2, -0.15) is 0 Å². The van der Waals surface area contributed by atoms with Crippen LogP contribution in [0, 0.1) is 19.7 Å². The van der Waals surface area contributed by atoms with E-state index in [1.165, 1.54) is 0 Å². The zero-order chi connectivity index (χ0) is 24.0. The first-order chi connectivity index (χ1) is 15.7. The summed E-state index contributed by atoms with van der Waals surface area (Å²) in [7, 11) is 0. The van der Waals surface area contributed by atoms with Gasteiger partial charge in [0.1, 0.15) is 5.82 Å². The predicted octanol–water partition coefficient (Wildman–Crippen LogP) is 4.61. The van der Waals surface area contributed by atoms with E-state index in [1.54, 1.807) is 13.0 Å². The summed E-state index contributed by atoms with van der Waals surface area (Å²) < 4.78 is 19.9. The third-order valence-electron chi connectivity index (χ3n) is 6.54. The zero-order valence-corrected chi connectivity index (χ0v) is 19.9. The van der Waals surface area contributed by atoms with Crippen LogP contribution < -0.4 is 0 Å². The number of likely N-dealkylation sites (tertiary alicyclic amines) is 1. The molecule has 0 aromatic heterocycles. The summed E-state index contributed by atoms with van der Waals surface area (Å²) in [6.45, 7) is 7.33. The standard InChI is InChI=1S/C27H36FNO4/c1-18-6-10-25(22(13-18)9-11-27(31)32)20(3)33-17-24(30)16-29-12-4-5-23(29)14-21-8-7-19(2)26(28)15-21/h6-8,10,13,15,20,23-24,30H,4-5,9,11-12,14,16-17H2,1-3H3,(H,31,32)/t20-,23+,24-/m1/s1. The second-order valence-electron chi connectivity index (χ2n) is 9.30. The van der Waals surface area contributed by atoms with Crippen molar-refractivity contribution >= 4 is 5.97 Å². The van der Waals surface area contributed by atoms with Crippen LogP contribution in [0.2, 0.25) is 0 Å². The highest BCUT2D eigenvalue weighted by Crippen LogP contribution is 2.25. The topological polar surface area (TPSA) is 70.0 Å². The molecule has 6 heteroatoms. The highest BCUT2D eigenvalue weighted by molar-refractivity contribution is 5.67. The third kappa shape index (κ3) is 7.36. The van der Waals surface area contributed by atoms with Crippen LogP contribution in [0.1, 0.15) is 60.1 Å². The number of carbonyl (C=O) groups is 1. The highest BCUT2D eigenvalue weighted by Gasteiger charge is 2.27. The van der Waals surface area contributed by atoms with Gasteiger partial charge >= 0.3 is 5.97 Å². The molecule has 2 N–H and O–H groups in total. The van der Waals surface area contributed by atoms with Gasteiger partial charge in [0, 0.05) is 19.0 Å². The summed E-state index contributed by atoms with van der Waals surface area (Å²) in [4.78, 5) is 13.3. The number of carboxylic acids is 1. The molecule has 0 spiro atoms. The predicted molar refractivity (Wildman–Crippen MR) is 127 cm³/mol. The second-order valence-corrected chi connectivity index (χ2v) is 9.30. The van der Waals surface area contributed by atoms with Gasteiger partial charge in [0.25, 0.3) is 0 Å². The molecule has 1 fully saturated rings. The molecule has 0 aliphatic carbocycles. The monoisotopic (exact) mass is 457 g/mol. The van der Waals surface area contributed by atoms with Crippen molar-refractivity contribution in [1.82, 2.24) is 4.90 Å². The van der Waals surface area contributed by atoms with Crippen molar-refractivity contribution in [2.75, 3.05) is 19.7 Å². The fourth-order valence-corrected chi connectivity index (χ4v) is 4.66. The lowest BCUT2D eigenvalue weighted by atomic mass is 9.97. The van der Waals surface area contributed by atoms with Gasteiger partial charge in [0.15, 0.2) is 0 Å². The van der Waals surface area contributed by atoms with Crippen LogP contribution in [-0.2, 0) is 22.4 Å². The van der Waals surface area contributed by atoms with Crippen LogP contribution in [0.25, 0.3) is 0 Å². The first kappa shape index (κ1) is 25.3. The Bertz CT molecular complexity index is 948. The van der Waals surface area contributed by atoms with Crippen molar-refractivity contribution < 1.29 is 24.1 Å². The minimum atomic E-state index is -0.819. The largest absolute Gasteiger partial charge is 0.481 e. The number of hydrogen-bond acceptors (Lipinski definition) is 4. The molecule has 2 aromatic carbocycles. The average Bonchev–Trinajstić information content (AvgIpc) is 3.19. The number of benzene rings is 2. The van der Waals surface area contributed by atoms with Crippen molar-refractivity contribution in [3.8, 4) is 0 Å². The molecule has 3 rings (SSSR count). The molecular weight excluding hydrogens is 421 g/mol. The van der Waals surface area contributed by atoms with Gasteiger partial charge in [-0.25, -0.2) is 4.39 Å². The summed E-state index contributed by atoms with van der Waals surface area (Å²) in [6.07, 6.45) is 2.54. The smallest absolute Gasteiger partial charge is 0.303 e. The summed E-state index contributed by atoms with van der Waals surface area (Å²) in [6, 6.07) is 11.7. The first-order valence-corrected chi connectivity index (χ1v) is 11.8. The maximum Gasteiger partial charge on any atom is 0.303 e. The van der Waals surface area contributed by atoms with Crippen molar-refractivity contribution in [2.45, 2.75) is 71.1 Å². The quantitative estimate of drug-likeness (QED) is 0.516. The lowest BCUT2D eigenvalue weighted by Gasteiger charge is -2.28. The average molecular weight is 458 g/mol. The molecule has 5 nitrogen and oxygen atoms in total. The van der Waals surface area contributed by atoms with Gasteiger partial charge < -0.3 is 14.9 Å². The van der Waals surface area contributed by atoms with E-state index in [0.717, 1.165) is 48.1 Å². The molecule has 33 heavy (non-hydrogen) atoms. The van der Waals surface area contributed by atoms with E-state index >= 15 is 0 Å². The van der Waals surface area contributed by atoms with E-state index in [-0.39, 0.29) is 24.9 Å². The molecule has 1 heterocycles. The number of aliphatic carboxylic acids is 1. The lowest BCUT2D eigenvalue weighted by Crippen LogP contribution is -2.39. The summed E-state index contributed by atoms with van der Waals surface area (Å²) in [5.74, 6) is -0.988. The van der Waals surface area contributed by atoms with Crippen LogP contribution in [0.4, 0.5) is 4.39 Å². The van der Waals surface area contributed by atoms with Crippen LogP contribution in [0.3, 0.4) is 0 Å². The maximum atomic E-state index is 13.9. The number of ether oxygens (including phenoxy) is 1.